The van der Waals surface area contributed by atoms with E-state index in [1.807, 2.05) is 18.2 Å². The Hall–Kier alpha value is -3.72. The molecule has 3 aromatic rings. The largest absolute Gasteiger partial charge is 0.492 e. The Bertz CT molecular complexity index is 1330. The van der Waals surface area contributed by atoms with Crippen LogP contribution in [0.2, 0.25) is 0 Å². The zero-order valence-electron chi connectivity index (χ0n) is 19.9. The van der Waals surface area contributed by atoms with E-state index in [0.29, 0.717) is 31.2 Å². The quantitative estimate of drug-likeness (QED) is 0.532. The first-order chi connectivity index (χ1) is 17.5. The molecule has 0 bridgehead atoms. The van der Waals surface area contributed by atoms with Crippen molar-refractivity contribution < 1.29 is 23.5 Å². The van der Waals surface area contributed by atoms with E-state index in [1.54, 1.807) is 11.0 Å². The van der Waals surface area contributed by atoms with Crippen LogP contribution in [0.4, 0.5) is 0 Å². The van der Waals surface area contributed by atoms with E-state index >= 15 is 0 Å². The number of amides is 3. The third-order valence-electron chi connectivity index (χ3n) is 7.47. The maximum Gasteiger partial charge on any atom is 0.255 e. The van der Waals surface area contributed by atoms with Crippen LogP contribution >= 0.6 is 0 Å². The van der Waals surface area contributed by atoms with Gasteiger partial charge in [0.25, 0.3) is 5.91 Å². The number of piperidine rings is 2. The minimum Gasteiger partial charge on any atom is -0.492 e. The van der Waals surface area contributed by atoms with Gasteiger partial charge < -0.3 is 14.1 Å². The molecule has 3 aliphatic rings. The first-order valence-electron chi connectivity index (χ1n) is 12.5. The maximum absolute atomic E-state index is 12.9. The fourth-order valence-corrected chi connectivity index (χ4v) is 5.53. The maximum atomic E-state index is 12.9. The van der Waals surface area contributed by atoms with Gasteiger partial charge >= 0.3 is 0 Å². The Labute approximate surface area is 208 Å². The molecular formula is C27H28N4O5. The molecular weight excluding hydrogens is 460 g/mol. The van der Waals surface area contributed by atoms with E-state index < -0.39 is 11.9 Å². The number of nitrogens with zero attached hydrogens (tertiary/aromatic N) is 3. The van der Waals surface area contributed by atoms with Crippen LogP contribution in [-0.2, 0) is 22.7 Å². The van der Waals surface area contributed by atoms with Gasteiger partial charge in [0.15, 0.2) is 12.0 Å². The van der Waals surface area contributed by atoms with Crippen molar-refractivity contribution >= 4 is 28.8 Å². The average Bonchev–Trinajstić information content (AvgIpc) is 3.47. The number of hydrogen-bond acceptors (Lipinski definition) is 7. The van der Waals surface area contributed by atoms with Gasteiger partial charge in [0.2, 0.25) is 11.8 Å². The molecule has 4 heterocycles. The normalized spacial score (nSPS) is 22.7. The van der Waals surface area contributed by atoms with Crippen molar-refractivity contribution in [3.63, 3.8) is 0 Å². The van der Waals surface area contributed by atoms with E-state index in [0.717, 1.165) is 41.9 Å². The van der Waals surface area contributed by atoms with Gasteiger partial charge in [-0.15, -0.1) is 0 Å². The minimum absolute atomic E-state index is 0.173. The number of ether oxygens (including phenoxy) is 1. The van der Waals surface area contributed by atoms with Gasteiger partial charge in [-0.25, -0.2) is 4.98 Å². The van der Waals surface area contributed by atoms with Crippen molar-refractivity contribution in [1.82, 2.24) is 20.1 Å². The van der Waals surface area contributed by atoms with E-state index in [-0.39, 0.29) is 18.2 Å². The lowest BCUT2D eigenvalue weighted by molar-refractivity contribution is -0.136. The number of rotatable bonds is 6. The lowest BCUT2D eigenvalue weighted by Gasteiger charge is -2.35. The molecule has 2 unspecified atom stereocenters. The van der Waals surface area contributed by atoms with E-state index in [9.17, 15) is 14.4 Å². The highest BCUT2D eigenvalue weighted by atomic mass is 16.5. The van der Waals surface area contributed by atoms with Crippen LogP contribution in [0.1, 0.15) is 53.6 Å². The number of likely N-dealkylation sites (tertiary alicyclic amines) is 1. The Balaban J connectivity index is 1.11. The summed E-state index contributed by atoms with van der Waals surface area (Å²) in [5, 5.41) is 2.34. The third kappa shape index (κ3) is 4.35. The Morgan fingerprint density at radius 2 is 2.00 bits per heavy atom. The standard InChI is InChI=1S/C27H28N4O5/c32-25-9-7-23(26(33)29-25)31-14-18-12-20(5-6-21(18)27(31)34)35-15-19-3-1-2-10-30(19)13-17-4-8-24-22(11-17)28-16-36-24/h4-6,8,11-12,16,19,23H,1-3,7,9-10,13-15H2,(H,29,32,33). The van der Waals surface area contributed by atoms with Gasteiger partial charge in [-0.1, -0.05) is 12.5 Å². The molecule has 1 aromatic heterocycles. The van der Waals surface area contributed by atoms with E-state index in [1.165, 1.54) is 24.8 Å². The molecule has 9 nitrogen and oxygen atoms in total. The van der Waals surface area contributed by atoms with Crippen LogP contribution in [-0.4, -0.2) is 57.7 Å². The molecule has 2 atom stereocenters. The van der Waals surface area contributed by atoms with Gasteiger partial charge in [-0.05, 0) is 67.3 Å². The Morgan fingerprint density at radius 3 is 2.89 bits per heavy atom. The van der Waals surface area contributed by atoms with Crippen molar-refractivity contribution in [3.05, 3.63) is 59.5 Å². The molecule has 0 saturated carbocycles. The monoisotopic (exact) mass is 488 g/mol. The summed E-state index contributed by atoms with van der Waals surface area (Å²) < 4.78 is 11.6. The molecule has 3 amide bonds. The lowest BCUT2D eigenvalue weighted by Crippen LogP contribution is -2.52. The van der Waals surface area contributed by atoms with Crippen LogP contribution in [0.3, 0.4) is 0 Å². The summed E-state index contributed by atoms with van der Waals surface area (Å²) in [4.78, 5) is 45.0. The second-order valence-corrected chi connectivity index (χ2v) is 9.80. The van der Waals surface area contributed by atoms with Crippen LogP contribution in [0.15, 0.2) is 47.2 Å². The molecule has 3 aliphatic heterocycles. The van der Waals surface area contributed by atoms with Gasteiger partial charge in [0.1, 0.15) is 23.9 Å². The van der Waals surface area contributed by atoms with E-state index in [4.69, 9.17) is 9.15 Å². The zero-order valence-corrected chi connectivity index (χ0v) is 19.9. The van der Waals surface area contributed by atoms with Gasteiger partial charge in [-0.2, -0.15) is 0 Å². The molecule has 1 N–H and O–H groups in total. The van der Waals surface area contributed by atoms with Crippen molar-refractivity contribution in [2.24, 2.45) is 0 Å². The number of hydrogen-bond donors (Lipinski definition) is 1. The molecule has 2 aromatic carbocycles. The zero-order chi connectivity index (χ0) is 24.6. The fourth-order valence-electron chi connectivity index (χ4n) is 5.53. The molecule has 186 valence electrons. The third-order valence-corrected chi connectivity index (χ3v) is 7.47. The van der Waals surface area contributed by atoms with Crippen molar-refractivity contribution in [2.45, 2.75) is 57.3 Å². The Morgan fingerprint density at radius 1 is 1.08 bits per heavy atom. The smallest absolute Gasteiger partial charge is 0.255 e. The minimum atomic E-state index is -0.612. The highest BCUT2D eigenvalue weighted by molar-refractivity contribution is 6.05. The fraction of sp³-hybridized carbons (Fsp3) is 0.407. The number of benzene rings is 2. The SMILES string of the molecule is O=C1CCC(N2Cc3cc(OCC4CCCCN4Cc4ccc5ocnc5c4)ccc3C2=O)C(=O)N1. The molecule has 0 aliphatic carbocycles. The molecule has 0 radical (unpaired) electrons. The Kier molecular flexibility index (Phi) is 5.92. The predicted molar refractivity (Wildman–Crippen MR) is 130 cm³/mol. The van der Waals surface area contributed by atoms with Crippen molar-refractivity contribution in [2.75, 3.05) is 13.2 Å². The summed E-state index contributed by atoms with van der Waals surface area (Å²) in [6.07, 6.45) is 5.48. The number of nitrogens with one attached hydrogen (secondary N) is 1. The number of imide groups is 1. The van der Waals surface area contributed by atoms with Crippen LogP contribution < -0.4 is 10.1 Å². The molecule has 0 spiro atoms. The van der Waals surface area contributed by atoms with Crippen LogP contribution in [0, 0.1) is 0 Å². The van der Waals surface area contributed by atoms with Gasteiger partial charge in [0.05, 0.1) is 0 Å². The molecule has 6 rings (SSSR count). The molecule has 2 fully saturated rings. The van der Waals surface area contributed by atoms with Crippen molar-refractivity contribution in [1.29, 1.82) is 0 Å². The first kappa shape index (κ1) is 22.7. The number of carbonyl (C=O) groups is 3. The second kappa shape index (κ2) is 9.39. The average molecular weight is 489 g/mol. The topological polar surface area (TPSA) is 105 Å². The van der Waals surface area contributed by atoms with Gasteiger partial charge in [0, 0.05) is 31.1 Å². The summed E-state index contributed by atoms with van der Waals surface area (Å²) in [5.41, 5.74) is 4.31. The number of oxazole rings is 1. The van der Waals surface area contributed by atoms with Crippen molar-refractivity contribution in [3.8, 4) is 5.75 Å². The predicted octanol–water partition coefficient (Wildman–Crippen LogP) is 3.02. The van der Waals surface area contributed by atoms with Crippen LogP contribution in [0.5, 0.6) is 5.75 Å². The second-order valence-electron chi connectivity index (χ2n) is 9.80. The van der Waals surface area contributed by atoms with Crippen LogP contribution in [0.25, 0.3) is 11.1 Å². The summed E-state index contributed by atoms with van der Waals surface area (Å²) in [7, 11) is 0. The summed E-state index contributed by atoms with van der Waals surface area (Å²) in [5.74, 6) is -0.134. The highest BCUT2D eigenvalue weighted by Gasteiger charge is 2.39. The number of aromatic nitrogens is 1. The van der Waals surface area contributed by atoms with E-state index in [2.05, 4.69) is 27.3 Å². The highest BCUT2D eigenvalue weighted by Crippen LogP contribution is 2.31. The lowest BCUT2D eigenvalue weighted by atomic mass is 10.0. The summed E-state index contributed by atoms with van der Waals surface area (Å²) >= 11 is 0. The first-order valence-corrected chi connectivity index (χ1v) is 12.5. The number of fused-ring (bicyclic) bond motifs is 2. The number of carbonyl (C=O) groups excluding carboxylic acids is 3. The molecule has 9 heteroatoms. The summed E-state index contributed by atoms with van der Waals surface area (Å²) in [6.45, 7) is 2.76. The molecule has 36 heavy (non-hydrogen) atoms. The van der Waals surface area contributed by atoms with Gasteiger partial charge in [-0.3, -0.25) is 24.6 Å². The summed E-state index contributed by atoms with van der Waals surface area (Å²) in [6, 6.07) is 11.3. The molecule has 2 saturated heterocycles.